The number of nitrogens with zero attached hydrogens (tertiary/aromatic N) is 3. The van der Waals surface area contributed by atoms with E-state index >= 15 is 0 Å². The van der Waals surface area contributed by atoms with Crippen molar-refractivity contribution in [2.45, 2.75) is 5.41 Å². The van der Waals surface area contributed by atoms with E-state index in [1.165, 1.54) is 38.8 Å². The van der Waals surface area contributed by atoms with Crippen LogP contribution in [-0.4, -0.2) is 14.4 Å². The van der Waals surface area contributed by atoms with E-state index in [1.807, 2.05) is 24.4 Å². The minimum atomic E-state index is -0.466. The summed E-state index contributed by atoms with van der Waals surface area (Å²) in [6.45, 7) is 0. The van der Waals surface area contributed by atoms with Gasteiger partial charge < -0.3 is 4.40 Å². The SMILES string of the molecule is c1ccc(C2(c3ccccc3)c3ccccc3-c3cc4c(-c5ccc(-c6cccc(-c7cn8ccccc8n7)c6)cc5)nc5ccccc5c4cc32)cc1. The Balaban J connectivity index is 1.10. The summed E-state index contributed by atoms with van der Waals surface area (Å²) in [7, 11) is 0. The average molecular weight is 688 g/mol. The summed E-state index contributed by atoms with van der Waals surface area (Å²) in [6, 6.07) is 68.1. The average Bonchev–Trinajstić information content (AvgIpc) is 3.81. The molecule has 3 heteroatoms. The molecule has 0 radical (unpaired) electrons. The minimum absolute atomic E-state index is 0.466. The third kappa shape index (κ3) is 4.55. The summed E-state index contributed by atoms with van der Waals surface area (Å²) in [5.41, 5.74) is 15.6. The summed E-state index contributed by atoms with van der Waals surface area (Å²) in [5, 5.41) is 3.52. The van der Waals surface area contributed by atoms with Gasteiger partial charge in [-0.1, -0.05) is 152 Å². The van der Waals surface area contributed by atoms with Gasteiger partial charge in [0.2, 0.25) is 0 Å². The highest BCUT2D eigenvalue weighted by Crippen LogP contribution is 2.57. The van der Waals surface area contributed by atoms with Crippen molar-refractivity contribution in [3.05, 3.63) is 223 Å². The second-order valence-electron chi connectivity index (χ2n) is 14.2. The lowest BCUT2D eigenvalue weighted by Gasteiger charge is -2.34. The van der Waals surface area contributed by atoms with Crippen LogP contribution in [0.5, 0.6) is 0 Å². The number of rotatable bonds is 5. The zero-order chi connectivity index (χ0) is 35.6. The van der Waals surface area contributed by atoms with E-state index in [4.69, 9.17) is 9.97 Å². The van der Waals surface area contributed by atoms with Crippen molar-refractivity contribution < 1.29 is 0 Å². The first-order valence-corrected chi connectivity index (χ1v) is 18.5. The van der Waals surface area contributed by atoms with Crippen molar-refractivity contribution in [3.8, 4) is 44.8 Å². The van der Waals surface area contributed by atoms with E-state index < -0.39 is 5.41 Å². The second kappa shape index (κ2) is 12.0. The number of hydrogen-bond donors (Lipinski definition) is 0. The molecule has 0 saturated carbocycles. The van der Waals surface area contributed by atoms with Crippen LogP contribution in [0.15, 0.2) is 200 Å². The van der Waals surface area contributed by atoms with Crippen LogP contribution in [-0.2, 0) is 5.41 Å². The van der Waals surface area contributed by atoms with Gasteiger partial charge in [0.15, 0.2) is 0 Å². The van der Waals surface area contributed by atoms with E-state index in [1.54, 1.807) is 0 Å². The first-order valence-electron chi connectivity index (χ1n) is 18.5. The van der Waals surface area contributed by atoms with Gasteiger partial charge in [0.1, 0.15) is 5.65 Å². The van der Waals surface area contributed by atoms with Crippen LogP contribution in [0.1, 0.15) is 22.3 Å². The summed E-state index contributed by atoms with van der Waals surface area (Å²) < 4.78 is 2.06. The predicted molar refractivity (Wildman–Crippen MR) is 222 cm³/mol. The van der Waals surface area contributed by atoms with E-state index in [2.05, 4.69) is 180 Å². The number of imidazole rings is 1. The molecule has 0 amide bonds. The Kier molecular flexibility index (Phi) is 6.77. The quantitative estimate of drug-likeness (QED) is 0.169. The molecule has 0 fully saturated rings. The van der Waals surface area contributed by atoms with Crippen molar-refractivity contribution in [3.63, 3.8) is 0 Å². The molecule has 3 heterocycles. The zero-order valence-corrected chi connectivity index (χ0v) is 29.4. The summed E-state index contributed by atoms with van der Waals surface area (Å²) >= 11 is 0. The van der Waals surface area contributed by atoms with Gasteiger partial charge in [-0.3, -0.25) is 0 Å². The number of para-hydroxylation sites is 1. The Morgan fingerprint density at radius 2 is 1.09 bits per heavy atom. The van der Waals surface area contributed by atoms with Gasteiger partial charge in [-0.05, 0) is 86.3 Å². The molecule has 0 bridgehead atoms. The second-order valence-corrected chi connectivity index (χ2v) is 14.2. The molecule has 10 aromatic rings. The summed E-state index contributed by atoms with van der Waals surface area (Å²) in [4.78, 5) is 10.2. The maximum absolute atomic E-state index is 5.37. The highest BCUT2D eigenvalue weighted by Gasteiger charge is 2.46. The fourth-order valence-electron chi connectivity index (χ4n) is 8.86. The van der Waals surface area contributed by atoms with Crippen LogP contribution >= 0.6 is 0 Å². The van der Waals surface area contributed by atoms with E-state index in [0.717, 1.165) is 55.6 Å². The van der Waals surface area contributed by atoms with Crippen LogP contribution in [0.4, 0.5) is 0 Å². The fraction of sp³-hybridized carbons (Fsp3) is 0.0196. The molecule has 0 atom stereocenters. The lowest BCUT2D eigenvalue weighted by molar-refractivity contribution is 0.769. The Morgan fingerprint density at radius 1 is 0.407 bits per heavy atom. The Labute approximate surface area is 313 Å². The fourth-order valence-corrected chi connectivity index (χ4v) is 8.86. The normalized spacial score (nSPS) is 13.0. The predicted octanol–water partition coefficient (Wildman–Crippen LogP) is 12.4. The molecule has 54 heavy (non-hydrogen) atoms. The molecule has 7 aromatic carbocycles. The number of pyridine rings is 2. The number of hydrogen-bond acceptors (Lipinski definition) is 2. The molecule has 0 saturated heterocycles. The molecule has 252 valence electrons. The molecule has 0 N–H and O–H groups in total. The first-order chi connectivity index (χ1) is 26.8. The van der Waals surface area contributed by atoms with Crippen LogP contribution in [0.2, 0.25) is 0 Å². The Bertz CT molecular complexity index is 2960. The van der Waals surface area contributed by atoms with Crippen molar-refractivity contribution in [2.75, 3.05) is 0 Å². The van der Waals surface area contributed by atoms with Crippen LogP contribution in [0.25, 0.3) is 72.1 Å². The van der Waals surface area contributed by atoms with Gasteiger partial charge >= 0.3 is 0 Å². The van der Waals surface area contributed by atoms with Crippen LogP contribution in [0, 0.1) is 0 Å². The molecule has 0 unspecified atom stereocenters. The van der Waals surface area contributed by atoms with Gasteiger partial charge in [-0.15, -0.1) is 0 Å². The smallest absolute Gasteiger partial charge is 0.137 e. The summed E-state index contributed by atoms with van der Waals surface area (Å²) in [6.07, 6.45) is 4.13. The molecule has 1 aliphatic carbocycles. The minimum Gasteiger partial charge on any atom is -0.306 e. The van der Waals surface area contributed by atoms with E-state index in [0.29, 0.717) is 0 Å². The van der Waals surface area contributed by atoms with Crippen molar-refractivity contribution in [1.82, 2.24) is 14.4 Å². The molecular formula is C51H33N3. The van der Waals surface area contributed by atoms with Gasteiger partial charge in [0, 0.05) is 34.3 Å². The highest BCUT2D eigenvalue weighted by atomic mass is 15.0. The highest BCUT2D eigenvalue weighted by molar-refractivity contribution is 6.13. The maximum Gasteiger partial charge on any atom is 0.137 e. The van der Waals surface area contributed by atoms with Gasteiger partial charge in [-0.2, -0.15) is 0 Å². The molecule has 11 rings (SSSR count). The Morgan fingerprint density at radius 3 is 1.89 bits per heavy atom. The maximum atomic E-state index is 5.37. The molecule has 3 nitrogen and oxygen atoms in total. The van der Waals surface area contributed by atoms with Crippen LogP contribution < -0.4 is 0 Å². The number of benzene rings is 7. The standard InChI is InChI=1S/C51H33N3/c1-3-16-38(17-4-1)51(39-18-5-2-6-19-39)45-22-9-7-20-40(45)43-31-44-42(32-46(43)51)41-21-8-10-23-47(41)53-50(44)35-27-25-34(26-28-35)36-14-13-15-37(30-36)48-33-54-29-12-11-24-49(54)52-48/h1-33H. The summed E-state index contributed by atoms with van der Waals surface area (Å²) in [5.74, 6) is 0. The van der Waals surface area contributed by atoms with Crippen molar-refractivity contribution in [2.24, 2.45) is 0 Å². The largest absolute Gasteiger partial charge is 0.306 e. The van der Waals surface area contributed by atoms with E-state index in [9.17, 15) is 0 Å². The first kappa shape index (κ1) is 30.5. The van der Waals surface area contributed by atoms with E-state index in [-0.39, 0.29) is 0 Å². The third-order valence-corrected chi connectivity index (χ3v) is 11.3. The molecule has 0 spiro atoms. The Hall–Kier alpha value is -7.10. The van der Waals surface area contributed by atoms with Crippen molar-refractivity contribution in [1.29, 1.82) is 0 Å². The molecule has 3 aromatic heterocycles. The van der Waals surface area contributed by atoms with Crippen molar-refractivity contribution >= 4 is 27.3 Å². The van der Waals surface area contributed by atoms with Gasteiger partial charge in [0.05, 0.1) is 22.3 Å². The van der Waals surface area contributed by atoms with Crippen LogP contribution in [0.3, 0.4) is 0 Å². The lowest BCUT2D eigenvalue weighted by atomic mass is 9.67. The molecule has 0 aliphatic heterocycles. The zero-order valence-electron chi connectivity index (χ0n) is 29.4. The van der Waals surface area contributed by atoms with Gasteiger partial charge in [0.25, 0.3) is 0 Å². The third-order valence-electron chi connectivity index (χ3n) is 11.3. The number of aromatic nitrogens is 3. The lowest BCUT2D eigenvalue weighted by Crippen LogP contribution is -2.28. The molecular weight excluding hydrogens is 655 g/mol. The molecule has 1 aliphatic rings. The van der Waals surface area contributed by atoms with Gasteiger partial charge in [-0.25, -0.2) is 9.97 Å². The number of fused-ring (bicyclic) bond motifs is 7. The monoisotopic (exact) mass is 687 g/mol. The topological polar surface area (TPSA) is 30.2 Å².